The third-order valence-corrected chi connectivity index (χ3v) is 7.00. The van der Waals surface area contributed by atoms with E-state index in [0.717, 1.165) is 27.8 Å². The molecule has 0 fully saturated rings. The number of nitrogens with zero attached hydrogens (tertiary/aromatic N) is 2. The number of aliphatic carboxylic acids is 1. The first-order chi connectivity index (χ1) is 19.9. The highest BCUT2D eigenvalue weighted by atomic mass is 16.5. The molecule has 1 aliphatic carbocycles. The van der Waals surface area contributed by atoms with Crippen molar-refractivity contribution in [1.29, 1.82) is 0 Å². The molecule has 1 heterocycles. The van der Waals surface area contributed by atoms with Crippen LogP contribution in [0.15, 0.2) is 97.2 Å². The van der Waals surface area contributed by atoms with Crippen LogP contribution in [-0.2, 0) is 16.1 Å². The summed E-state index contributed by atoms with van der Waals surface area (Å²) in [5, 5.41) is 14.9. The third-order valence-electron chi connectivity index (χ3n) is 7.00. The molecule has 5 rings (SSSR count). The molecule has 41 heavy (non-hydrogen) atoms. The van der Waals surface area contributed by atoms with Crippen molar-refractivity contribution in [3.05, 3.63) is 120 Å². The summed E-state index contributed by atoms with van der Waals surface area (Å²) >= 11 is 0. The van der Waals surface area contributed by atoms with Gasteiger partial charge in [0.1, 0.15) is 12.6 Å². The van der Waals surface area contributed by atoms with Gasteiger partial charge in [0, 0.05) is 25.2 Å². The summed E-state index contributed by atoms with van der Waals surface area (Å²) in [5.74, 6) is -2.02. The molecular weight excluding hydrogens is 520 g/mol. The Labute approximate surface area is 237 Å². The summed E-state index contributed by atoms with van der Waals surface area (Å²) < 4.78 is 5.60. The first kappa shape index (κ1) is 27.5. The molecule has 4 aromatic rings. The van der Waals surface area contributed by atoms with Crippen molar-refractivity contribution in [3.63, 3.8) is 0 Å². The molecule has 1 atom stereocenters. The van der Waals surface area contributed by atoms with E-state index in [1.165, 1.54) is 12.3 Å². The molecule has 1 unspecified atom stereocenters. The topological polar surface area (TPSA) is 121 Å². The molecule has 208 valence electrons. The van der Waals surface area contributed by atoms with Crippen molar-refractivity contribution in [2.45, 2.75) is 18.5 Å². The van der Waals surface area contributed by atoms with Crippen LogP contribution in [-0.4, -0.2) is 59.2 Å². The fourth-order valence-corrected chi connectivity index (χ4v) is 5.11. The second kappa shape index (κ2) is 12.4. The van der Waals surface area contributed by atoms with Gasteiger partial charge in [0.05, 0.1) is 5.69 Å². The molecule has 3 N–H and O–H groups in total. The van der Waals surface area contributed by atoms with Gasteiger partial charge in [-0.3, -0.25) is 15.0 Å². The fourth-order valence-electron chi connectivity index (χ4n) is 5.11. The van der Waals surface area contributed by atoms with Crippen molar-refractivity contribution < 1.29 is 24.2 Å². The summed E-state index contributed by atoms with van der Waals surface area (Å²) in [6.45, 7) is 0.688. The molecule has 9 nitrogen and oxygen atoms in total. The van der Waals surface area contributed by atoms with Crippen LogP contribution in [0.5, 0.6) is 0 Å². The van der Waals surface area contributed by atoms with Gasteiger partial charge in [-0.05, 0) is 47.0 Å². The largest absolute Gasteiger partial charge is 0.480 e. The lowest BCUT2D eigenvalue weighted by atomic mass is 9.98. The second-order valence-corrected chi connectivity index (χ2v) is 9.90. The SMILES string of the molecule is CN(Cc1ccccc1)CC(NC(=O)c1ncccc1NC(=O)OCC1c2ccccc2-c2ccccc21)C(=O)O. The van der Waals surface area contributed by atoms with Crippen LogP contribution in [0.1, 0.15) is 33.1 Å². The number of likely N-dealkylation sites (N-methyl/N-ethyl adjacent to an activating group) is 1. The fraction of sp³-hybridized carbons (Fsp3) is 0.188. The average Bonchev–Trinajstić information content (AvgIpc) is 3.30. The van der Waals surface area contributed by atoms with E-state index in [4.69, 9.17) is 4.74 Å². The Hall–Kier alpha value is -5.02. The minimum absolute atomic E-state index is 0.0674. The van der Waals surface area contributed by atoms with Gasteiger partial charge in [-0.25, -0.2) is 14.6 Å². The number of carboxylic acid groups (broad SMARTS) is 1. The molecule has 0 spiro atoms. The Balaban J connectivity index is 1.22. The number of pyridine rings is 1. The number of hydrogen-bond acceptors (Lipinski definition) is 6. The van der Waals surface area contributed by atoms with Gasteiger partial charge >= 0.3 is 12.1 Å². The molecule has 0 bridgehead atoms. The number of amides is 2. The van der Waals surface area contributed by atoms with Gasteiger partial charge in [-0.2, -0.15) is 0 Å². The maximum atomic E-state index is 13.1. The minimum Gasteiger partial charge on any atom is -0.480 e. The van der Waals surface area contributed by atoms with E-state index < -0.39 is 24.0 Å². The highest BCUT2D eigenvalue weighted by molar-refractivity contribution is 6.02. The molecule has 2 amide bonds. The Morgan fingerprint density at radius 2 is 1.54 bits per heavy atom. The molecule has 1 aromatic heterocycles. The molecule has 0 aliphatic heterocycles. The number of rotatable bonds is 10. The lowest BCUT2D eigenvalue weighted by Crippen LogP contribution is -2.47. The van der Waals surface area contributed by atoms with E-state index in [1.807, 2.05) is 71.6 Å². The van der Waals surface area contributed by atoms with Gasteiger partial charge in [0.2, 0.25) is 0 Å². The Morgan fingerprint density at radius 1 is 0.902 bits per heavy atom. The van der Waals surface area contributed by atoms with Gasteiger partial charge in [0.15, 0.2) is 5.69 Å². The van der Waals surface area contributed by atoms with Crippen LogP contribution in [0.2, 0.25) is 0 Å². The van der Waals surface area contributed by atoms with E-state index >= 15 is 0 Å². The standard InChI is InChI=1S/C32H30N4O5/c1-36(18-21-10-3-2-4-11-21)19-28(31(38)39)34-30(37)29-27(16-9-17-33-29)35-32(40)41-20-26-24-14-7-5-12-22(24)23-13-6-8-15-25(23)26/h2-17,26,28H,18-20H2,1H3,(H,34,37)(H,35,40)(H,38,39). The van der Waals surface area contributed by atoms with E-state index in [-0.39, 0.29) is 30.5 Å². The monoisotopic (exact) mass is 550 g/mol. The molecular formula is C32H30N4O5. The Kier molecular flexibility index (Phi) is 8.36. The number of carboxylic acids is 1. The third kappa shape index (κ3) is 6.42. The van der Waals surface area contributed by atoms with Crippen LogP contribution >= 0.6 is 0 Å². The minimum atomic E-state index is -1.19. The molecule has 0 saturated carbocycles. The summed E-state index contributed by atoms with van der Waals surface area (Å²) in [7, 11) is 1.78. The van der Waals surface area contributed by atoms with E-state index in [0.29, 0.717) is 6.54 Å². The normalized spacial score (nSPS) is 12.7. The summed E-state index contributed by atoms with van der Waals surface area (Å²) in [5.41, 5.74) is 5.42. The number of hydrogen-bond donors (Lipinski definition) is 3. The summed E-state index contributed by atoms with van der Waals surface area (Å²) in [6, 6.07) is 27.6. The Bertz CT molecular complexity index is 1510. The number of carbonyl (C=O) groups excluding carboxylic acids is 2. The Morgan fingerprint density at radius 3 is 2.20 bits per heavy atom. The zero-order valence-electron chi connectivity index (χ0n) is 22.5. The van der Waals surface area contributed by atoms with Gasteiger partial charge in [-0.1, -0.05) is 78.9 Å². The average molecular weight is 551 g/mol. The van der Waals surface area contributed by atoms with Crippen LogP contribution in [0.4, 0.5) is 10.5 Å². The lowest BCUT2D eigenvalue weighted by Gasteiger charge is -2.22. The number of benzene rings is 3. The first-order valence-corrected chi connectivity index (χ1v) is 13.2. The second-order valence-electron chi connectivity index (χ2n) is 9.90. The first-order valence-electron chi connectivity index (χ1n) is 13.2. The van der Waals surface area contributed by atoms with E-state index in [2.05, 4.69) is 27.8 Å². The number of ether oxygens (including phenoxy) is 1. The summed E-state index contributed by atoms with van der Waals surface area (Å²) in [4.78, 5) is 43.8. The zero-order chi connectivity index (χ0) is 28.8. The van der Waals surface area contributed by atoms with Crippen LogP contribution in [0, 0.1) is 0 Å². The highest BCUT2D eigenvalue weighted by Crippen LogP contribution is 2.44. The van der Waals surface area contributed by atoms with Crippen LogP contribution in [0.3, 0.4) is 0 Å². The van der Waals surface area contributed by atoms with Crippen LogP contribution < -0.4 is 10.6 Å². The van der Waals surface area contributed by atoms with Gasteiger partial charge in [-0.15, -0.1) is 0 Å². The molecule has 0 radical (unpaired) electrons. The number of fused-ring (bicyclic) bond motifs is 3. The van der Waals surface area contributed by atoms with Crippen LogP contribution in [0.25, 0.3) is 11.1 Å². The zero-order valence-corrected chi connectivity index (χ0v) is 22.5. The number of anilines is 1. The summed E-state index contributed by atoms with van der Waals surface area (Å²) in [6.07, 6.45) is 0.654. The predicted molar refractivity (Wildman–Crippen MR) is 155 cm³/mol. The van der Waals surface area contributed by atoms with E-state index in [9.17, 15) is 19.5 Å². The smallest absolute Gasteiger partial charge is 0.411 e. The number of nitrogens with one attached hydrogen (secondary N) is 2. The lowest BCUT2D eigenvalue weighted by molar-refractivity contribution is -0.139. The predicted octanol–water partition coefficient (Wildman–Crippen LogP) is 4.76. The number of carbonyl (C=O) groups is 3. The quantitative estimate of drug-likeness (QED) is 0.260. The van der Waals surface area contributed by atoms with Crippen molar-refractivity contribution in [2.24, 2.45) is 0 Å². The van der Waals surface area contributed by atoms with Crippen molar-refractivity contribution in [3.8, 4) is 11.1 Å². The molecule has 0 saturated heterocycles. The van der Waals surface area contributed by atoms with E-state index in [1.54, 1.807) is 13.1 Å². The highest BCUT2D eigenvalue weighted by Gasteiger charge is 2.29. The molecule has 3 aromatic carbocycles. The van der Waals surface area contributed by atoms with Crippen molar-refractivity contribution in [1.82, 2.24) is 15.2 Å². The maximum absolute atomic E-state index is 13.1. The van der Waals surface area contributed by atoms with Crippen molar-refractivity contribution >= 4 is 23.7 Å². The van der Waals surface area contributed by atoms with Crippen molar-refractivity contribution in [2.75, 3.05) is 25.5 Å². The molecule has 1 aliphatic rings. The van der Waals surface area contributed by atoms with Gasteiger partial charge in [0.25, 0.3) is 5.91 Å². The molecule has 9 heteroatoms. The van der Waals surface area contributed by atoms with Gasteiger partial charge < -0.3 is 15.2 Å². The number of aromatic nitrogens is 1. The maximum Gasteiger partial charge on any atom is 0.411 e.